The molecule has 4 rings (SSSR count). The van der Waals surface area contributed by atoms with Gasteiger partial charge < -0.3 is 15.5 Å². The second-order valence-electron chi connectivity index (χ2n) is 8.61. The van der Waals surface area contributed by atoms with Crippen LogP contribution >= 0.6 is 36.6 Å². The molecule has 35 heavy (non-hydrogen) atoms. The summed E-state index contributed by atoms with van der Waals surface area (Å²) in [5.74, 6) is 1.78. The van der Waals surface area contributed by atoms with Crippen LogP contribution in [0.4, 0.5) is 18.9 Å². The van der Waals surface area contributed by atoms with E-state index in [-0.39, 0.29) is 30.7 Å². The minimum absolute atomic E-state index is 0. The van der Waals surface area contributed by atoms with E-state index >= 15 is 0 Å². The van der Waals surface area contributed by atoms with E-state index in [0.29, 0.717) is 30.7 Å². The monoisotopic (exact) mass is 553 g/mol. The zero-order valence-corrected chi connectivity index (χ0v) is 21.8. The summed E-state index contributed by atoms with van der Waals surface area (Å²) in [4.78, 5) is 22.3. The third-order valence-corrected chi connectivity index (χ3v) is 7.28. The molecule has 0 spiro atoms. The number of nitrogens with zero attached hydrogens (tertiary/aromatic N) is 4. The molecule has 1 aromatic heterocycles. The average molecular weight is 555 g/mol. The highest BCUT2D eigenvalue weighted by atomic mass is 35.5. The molecular formula is C23H32Cl2F3N5OS. The lowest BCUT2D eigenvalue weighted by Crippen LogP contribution is -2.47. The number of hydrogen-bond acceptors (Lipinski definition) is 6. The highest BCUT2D eigenvalue weighted by molar-refractivity contribution is 7.99. The summed E-state index contributed by atoms with van der Waals surface area (Å²) in [6.07, 6.45) is -1.95. The Balaban J connectivity index is 0.00000216. The maximum atomic E-state index is 13.4. The Morgan fingerprint density at radius 3 is 2.46 bits per heavy atom. The van der Waals surface area contributed by atoms with Crippen LogP contribution in [0.5, 0.6) is 0 Å². The fraction of sp³-hybridized carbons (Fsp3) is 0.565. The van der Waals surface area contributed by atoms with E-state index in [0.717, 1.165) is 56.0 Å². The van der Waals surface area contributed by atoms with Gasteiger partial charge in [-0.2, -0.15) is 13.2 Å². The van der Waals surface area contributed by atoms with Crippen LogP contribution in [0.15, 0.2) is 30.3 Å². The van der Waals surface area contributed by atoms with E-state index in [2.05, 4.69) is 9.88 Å². The molecule has 196 valence electrons. The summed E-state index contributed by atoms with van der Waals surface area (Å²) in [6, 6.07) is 7.74. The fourth-order valence-corrected chi connectivity index (χ4v) is 5.38. The molecule has 1 atom stereocenters. The van der Waals surface area contributed by atoms with E-state index in [1.165, 1.54) is 6.07 Å². The zero-order chi connectivity index (χ0) is 23.4. The number of aromatic nitrogens is 1. The molecule has 1 aromatic carbocycles. The maximum absolute atomic E-state index is 13.4. The Kier molecular flexibility index (Phi) is 11.2. The number of unbranched alkanes of at least 4 members (excludes halogenated alkanes) is 1. The number of benzene rings is 1. The summed E-state index contributed by atoms with van der Waals surface area (Å²) in [5, 5.41) is 0.744. The van der Waals surface area contributed by atoms with Crippen LogP contribution in [0.1, 0.15) is 25.0 Å². The predicted octanol–water partition coefficient (Wildman–Crippen LogP) is 4.25. The van der Waals surface area contributed by atoms with E-state index in [4.69, 9.17) is 5.73 Å². The van der Waals surface area contributed by atoms with Crippen molar-refractivity contribution in [1.29, 1.82) is 0 Å². The summed E-state index contributed by atoms with van der Waals surface area (Å²) in [7, 11) is 0. The molecule has 2 fully saturated rings. The van der Waals surface area contributed by atoms with E-state index in [1.807, 2.05) is 21.9 Å². The number of thioether (sulfide) groups is 1. The second-order valence-corrected chi connectivity index (χ2v) is 9.69. The van der Waals surface area contributed by atoms with Crippen LogP contribution in [0, 0.1) is 0 Å². The number of carbonyl (C=O) groups is 1. The van der Waals surface area contributed by atoms with E-state index in [9.17, 15) is 18.0 Å². The van der Waals surface area contributed by atoms with Crippen molar-refractivity contribution in [3.8, 4) is 0 Å². The summed E-state index contributed by atoms with van der Waals surface area (Å²) < 4.78 is 40.1. The zero-order valence-electron chi connectivity index (χ0n) is 19.4. The first-order valence-electron chi connectivity index (χ1n) is 11.4. The molecule has 1 unspecified atom stereocenters. The first-order chi connectivity index (χ1) is 15.8. The van der Waals surface area contributed by atoms with Gasteiger partial charge in [0.1, 0.15) is 5.69 Å². The Hall–Kier alpha value is -1.46. The van der Waals surface area contributed by atoms with Gasteiger partial charge in [0, 0.05) is 49.6 Å². The number of alkyl halides is 3. The lowest BCUT2D eigenvalue weighted by atomic mass is 10.1. The normalized spacial score (nSPS) is 17.7. The van der Waals surface area contributed by atoms with Crippen molar-refractivity contribution in [2.75, 3.05) is 55.8 Å². The van der Waals surface area contributed by atoms with E-state index < -0.39 is 17.9 Å². The molecule has 2 aliphatic rings. The van der Waals surface area contributed by atoms with Gasteiger partial charge in [0.25, 0.3) is 0 Å². The number of para-hydroxylation sites is 1. The topological polar surface area (TPSA) is 65.7 Å². The number of piperazine rings is 1. The predicted molar refractivity (Wildman–Crippen MR) is 141 cm³/mol. The van der Waals surface area contributed by atoms with Gasteiger partial charge in [-0.1, -0.05) is 24.6 Å². The van der Waals surface area contributed by atoms with Gasteiger partial charge in [0.2, 0.25) is 5.91 Å². The van der Waals surface area contributed by atoms with Crippen molar-refractivity contribution in [1.82, 2.24) is 14.8 Å². The summed E-state index contributed by atoms with van der Waals surface area (Å²) >= 11 is 1.76. The molecule has 2 N–H and O–H groups in total. The van der Waals surface area contributed by atoms with Crippen molar-refractivity contribution < 1.29 is 18.0 Å². The van der Waals surface area contributed by atoms with Gasteiger partial charge in [0.15, 0.2) is 0 Å². The summed E-state index contributed by atoms with van der Waals surface area (Å²) in [6.45, 7) is 4.59. The van der Waals surface area contributed by atoms with Crippen LogP contribution in [0.25, 0.3) is 10.9 Å². The number of nitrogens with two attached hydrogens (primary N) is 1. The van der Waals surface area contributed by atoms with Gasteiger partial charge in [0.05, 0.1) is 17.4 Å². The number of halogens is 5. The smallest absolute Gasteiger partial charge is 0.368 e. The number of hydrogen-bond donors (Lipinski definition) is 1. The molecule has 1 amide bonds. The van der Waals surface area contributed by atoms with Crippen LogP contribution < -0.4 is 10.6 Å². The lowest BCUT2D eigenvalue weighted by Gasteiger charge is -2.36. The molecule has 6 nitrogen and oxygen atoms in total. The molecule has 12 heteroatoms. The highest BCUT2D eigenvalue weighted by Gasteiger charge is 2.34. The molecule has 0 bridgehead atoms. The lowest BCUT2D eigenvalue weighted by molar-refractivity contribution is -0.141. The highest BCUT2D eigenvalue weighted by Crippen LogP contribution is 2.35. The standard InChI is InChI=1S/C23H30F3N5OS.2ClH/c24-23(25,26)21-15-20(17-5-1-2-7-19(17)28-21)30-11-9-29(10-12-30)8-4-3-6-18(27)22(32)31-13-14-33-16-31;;/h1-2,5,7,15,18H,3-4,6,8-14,16,27H2;2*1H. The number of pyridine rings is 1. The Morgan fingerprint density at radius 2 is 1.80 bits per heavy atom. The number of carbonyl (C=O) groups excluding carboxylic acids is 1. The van der Waals surface area contributed by atoms with Gasteiger partial charge in [-0.15, -0.1) is 36.6 Å². The van der Waals surface area contributed by atoms with Gasteiger partial charge >= 0.3 is 6.18 Å². The molecule has 2 saturated heterocycles. The quantitative estimate of drug-likeness (QED) is 0.517. The molecule has 3 heterocycles. The van der Waals surface area contributed by atoms with Crippen LogP contribution in [0.3, 0.4) is 0 Å². The van der Waals surface area contributed by atoms with Gasteiger partial charge in [-0.05, 0) is 31.5 Å². The van der Waals surface area contributed by atoms with Crippen LogP contribution in [0.2, 0.25) is 0 Å². The first-order valence-corrected chi connectivity index (χ1v) is 12.5. The molecule has 0 aliphatic carbocycles. The Morgan fingerprint density at radius 1 is 1.09 bits per heavy atom. The third kappa shape index (κ3) is 7.52. The number of anilines is 1. The van der Waals surface area contributed by atoms with Crippen molar-refractivity contribution in [3.05, 3.63) is 36.0 Å². The van der Waals surface area contributed by atoms with Crippen molar-refractivity contribution in [2.45, 2.75) is 31.5 Å². The SMILES string of the molecule is Cl.Cl.NC(CCCCN1CCN(c2cc(C(F)(F)F)nc3ccccc23)CC1)C(=O)N1CCSC1. The average Bonchev–Trinajstić information content (AvgIpc) is 3.35. The Bertz CT molecular complexity index is 970. The second kappa shape index (κ2) is 13.2. The van der Waals surface area contributed by atoms with Crippen molar-refractivity contribution >= 4 is 59.1 Å². The largest absolute Gasteiger partial charge is 0.433 e. The minimum atomic E-state index is -4.48. The maximum Gasteiger partial charge on any atom is 0.433 e. The molecule has 2 aliphatic heterocycles. The van der Waals surface area contributed by atoms with Crippen molar-refractivity contribution in [2.24, 2.45) is 5.73 Å². The summed E-state index contributed by atoms with van der Waals surface area (Å²) in [5.41, 5.74) is 6.19. The molecular weight excluding hydrogens is 522 g/mol. The minimum Gasteiger partial charge on any atom is -0.368 e. The molecule has 0 saturated carbocycles. The first kappa shape index (κ1) is 29.8. The van der Waals surface area contributed by atoms with E-state index in [1.54, 1.807) is 23.9 Å². The van der Waals surface area contributed by atoms with Crippen LogP contribution in [-0.2, 0) is 11.0 Å². The van der Waals surface area contributed by atoms with Gasteiger partial charge in [-0.3, -0.25) is 9.69 Å². The third-order valence-electron chi connectivity index (χ3n) is 6.32. The number of fused-ring (bicyclic) bond motifs is 1. The molecule has 2 aromatic rings. The fourth-order valence-electron chi connectivity index (χ4n) is 4.42. The van der Waals surface area contributed by atoms with Crippen molar-refractivity contribution in [3.63, 3.8) is 0 Å². The van der Waals surface area contributed by atoms with Crippen LogP contribution in [-0.4, -0.2) is 77.6 Å². The number of rotatable bonds is 7. The van der Waals surface area contributed by atoms with Gasteiger partial charge in [-0.25, -0.2) is 4.98 Å². The molecule has 0 radical (unpaired) electrons. The Labute approximate surface area is 220 Å². The number of amides is 1.